The van der Waals surface area contributed by atoms with E-state index in [2.05, 4.69) is 27.0 Å². The standard InChI is InChI=1S/C18H25N5O/c1-13-5-4-6-14(11-13)18(2,3)20-17(24)16-12-23(22-21-16)15-7-9-19-10-8-15/h4-6,11-12,15,19H,7-10H2,1-3H3,(H,20,24). The van der Waals surface area contributed by atoms with E-state index in [9.17, 15) is 4.79 Å². The molecule has 0 saturated carbocycles. The van der Waals surface area contributed by atoms with Crippen LogP contribution in [0, 0.1) is 6.92 Å². The Kier molecular flexibility index (Phi) is 4.66. The summed E-state index contributed by atoms with van der Waals surface area (Å²) in [6.07, 6.45) is 3.79. The molecular weight excluding hydrogens is 302 g/mol. The minimum absolute atomic E-state index is 0.193. The van der Waals surface area contributed by atoms with Crippen LogP contribution >= 0.6 is 0 Å². The molecule has 0 unspecified atom stereocenters. The van der Waals surface area contributed by atoms with Crippen LogP contribution < -0.4 is 10.6 Å². The van der Waals surface area contributed by atoms with Crippen LogP contribution in [-0.2, 0) is 5.54 Å². The molecule has 6 nitrogen and oxygen atoms in total. The van der Waals surface area contributed by atoms with Gasteiger partial charge in [0.15, 0.2) is 5.69 Å². The molecule has 0 bridgehead atoms. The van der Waals surface area contributed by atoms with Gasteiger partial charge < -0.3 is 10.6 Å². The molecule has 1 aliphatic heterocycles. The van der Waals surface area contributed by atoms with E-state index in [1.807, 2.05) is 43.7 Å². The highest BCUT2D eigenvalue weighted by atomic mass is 16.2. The molecule has 2 heterocycles. The molecule has 2 aromatic rings. The molecule has 0 radical (unpaired) electrons. The van der Waals surface area contributed by atoms with Crippen LogP contribution in [0.2, 0.25) is 0 Å². The Labute approximate surface area is 142 Å². The van der Waals surface area contributed by atoms with E-state index < -0.39 is 5.54 Å². The first-order chi connectivity index (χ1) is 11.5. The first-order valence-electron chi connectivity index (χ1n) is 8.48. The fraction of sp³-hybridized carbons (Fsp3) is 0.500. The Morgan fingerprint density at radius 3 is 2.79 bits per heavy atom. The molecule has 0 spiro atoms. The normalized spacial score (nSPS) is 16.1. The van der Waals surface area contributed by atoms with Gasteiger partial charge in [0, 0.05) is 0 Å². The van der Waals surface area contributed by atoms with Gasteiger partial charge in [-0.25, -0.2) is 4.68 Å². The van der Waals surface area contributed by atoms with Crippen LogP contribution in [0.5, 0.6) is 0 Å². The van der Waals surface area contributed by atoms with Gasteiger partial charge in [-0.05, 0) is 52.3 Å². The van der Waals surface area contributed by atoms with E-state index in [1.165, 1.54) is 5.56 Å². The lowest BCUT2D eigenvalue weighted by Gasteiger charge is -2.26. The number of amides is 1. The molecule has 1 aliphatic rings. The molecule has 128 valence electrons. The Hall–Kier alpha value is -2.21. The van der Waals surface area contributed by atoms with Crippen molar-refractivity contribution in [2.24, 2.45) is 0 Å². The van der Waals surface area contributed by atoms with E-state index in [1.54, 1.807) is 6.20 Å². The Morgan fingerprint density at radius 1 is 1.33 bits per heavy atom. The molecular formula is C18H25N5O. The minimum Gasteiger partial charge on any atom is -0.342 e. The van der Waals surface area contributed by atoms with Gasteiger partial charge in [-0.3, -0.25) is 4.79 Å². The third kappa shape index (κ3) is 3.64. The maximum atomic E-state index is 12.6. The number of benzene rings is 1. The van der Waals surface area contributed by atoms with Gasteiger partial charge in [0.25, 0.3) is 5.91 Å². The smallest absolute Gasteiger partial charge is 0.274 e. The van der Waals surface area contributed by atoms with Gasteiger partial charge in [0.05, 0.1) is 17.8 Å². The second-order valence-corrected chi connectivity index (χ2v) is 7.01. The van der Waals surface area contributed by atoms with E-state index in [0.29, 0.717) is 11.7 Å². The highest BCUT2D eigenvalue weighted by molar-refractivity contribution is 5.92. The summed E-state index contributed by atoms with van der Waals surface area (Å²) in [5, 5.41) is 14.6. The number of piperidine rings is 1. The number of hydrogen-bond donors (Lipinski definition) is 2. The van der Waals surface area contributed by atoms with E-state index in [0.717, 1.165) is 31.5 Å². The molecule has 3 rings (SSSR count). The lowest BCUT2D eigenvalue weighted by atomic mass is 9.93. The summed E-state index contributed by atoms with van der Waals surface area (Å²) in [4.78, 5) is 12.6. The lowest BCUT2D eigenvalue weighted by molar-refractivity contribution is 0.0906. The second kappa shape index (κ2) is 6.73. The number of carbonyl (C=O) groups excluding carboxylic acids is 1. The van der Waals surface area contributed by atoms with Crippen molar-refractivity contribution in [2.45, 2.75) is 45.2 Å². The van der Waals surface area contributed by atoms with Gasteiger partial charge >= 0.3 is 0 Å². The van der Waals surface area contributed by atoms with Crippen LogP contribution in [0.4, 0.5) is 0 Å². The number of nitrogens with zero attached hydrogens (tertiary/aromatic N) is 3. The summed E-state index contributed by atoms with van der Waals surface area (Å²) in [6.45, 7) is 8.00. The first kappa shape index (κ1) is 16.6. The molecule has 24 heavy (non-hydrogen) atoms. The second-order valence-electron chi connectivity index (χ2n) is 7.01. The Balaban J connectivity index is 1.71. The van der Waals surface area contributed by atoms with Crippen molar-refractivity contribution in [3.05, 3.63) is 47.3 Å². The van der Waals surface area contributed by atoms with Crippen LogP contribution in [-0.4, -0.2) is 34.0 Å². The summed E-state index contributed by atoms with van der Waals surface area (Å²) in [7, 11) is 0. The maximum Gasteiger partial charge on any atom is 0.274 e. The number of nitrogens with one attached hydrogen (secondary N) is 2. The number of carbonyl (C=O) groups is 1. The van der Waals surface area contributed by atoms with Crippen molar-refractivity contribution in [2.75, 3.05) is 13.1 Å². The molecule has 2 N–H and O–H groups in total. The van der Waals surface area contributed by atoms with Crippen LogP contribution in [0.25, 0.3) is 0 Å². The molecule has 1 aromatic carbocycles. The molecule has 1 saturated heterocycles. The average Bonchev–Trinajstić information content (AvgIpc) is 3.05. The highest BCUT2D eigenvalue weighted by Gasteiger charge is 2.26. The largest absolute Gasteiger partial charge is 0.342 e. The molecule has 0 aliphatic carbocycles. The Morgan fingerprint density at radius 2 is 2.08 bits per heavy atom. The Bertz CT molecular complexity index is 716. The van der Waals surface area contributed by atoms with Crippen LogP contribution in [0.15, 0.2) is 30.5 Å². The topological polar surface area (TPSA) is 71.8 Å². The monoisotopic (exact) mass is 327 g/mol. The van der Waals surface area contributed by atoms with Gasteiger partial charge in [0.1, 0.15) is 0 Å². The van der Waals surface area contributed by atoms with E-state index in [-0.39, 0.29) is 5.91 Å². The van der Waals surface area contributed by atoms with Gasteiger partial charge in [-0.15, -0.1) is 5.10 Å². The van der Waals surface area contributed by atoms with E-state index in [4.69, 9.17) is 0 Å². The number of aryl methyl sites for hydroxylation is 1. The average molecular weight is 327 g/mol. The van der Waals surface area contributed by atoms with Gasteiger partial charge in [0.2, 0.25) is 0 Å². The number of rotatable bonds is 4. The zero-order chi connectivity index (χ0) is 17.2. The quantitative estimate of drug-likeness (QED) is 0.903. The van der Waals surface area contributed by atoms with Crippen molar-refractivity contribution in [1.82, 2.24) is 25.6 Å². The third-order valence-electron chi connectivity index (χ3n) is 4.59. The number of aromatic nitrogens is 3. The van der Waals surface area contributed by atoms with Gasteiger partial charge in [-0.2, -0.15) is 0 Å². The molecule has 1 fully saturated rings. The third-order valence-corrected chi connectivity index (χ3v) is 4.59. The molecule has 0 atom stereocenters. The van der Waals surface area contributed by atoms with Gasteiger partial charge in [-0.1, -0.05) is 35.0 Å². The highest BCUT2D eigenvalue weighted by Crippen LogP contribution is 2.22. The van der Waals surface area contributed by atoms with Crippen molar-refractivity contribution in [3.8, 4) is 0 Å². The van der Waals surface area contributed by atoms with Crippen LogP contribution in [0.1, 0.15) is 54.3 Å². The molecule has 1 amide bonds. The minimum atomic E-state index is -0.471. The maximum absolute atomic E-state index is 12.6. The fourth-order valence-electron chi connectivity index (χ4n) is 3.08. The molecule has 1 aromatic heterocycles. The summed E-state index contributed by atoms with van der Waals surface area (Å²) in [5.41, 5.74) is 2.14. The van der Waals surface area contributed by atoms with Crippen molar-refractivity contribution < 1.29 is 4.79 Å². The number of hydrogen-bond acceptors (Lipinski definition) is 4. The zero-order valence-electron chi connectivity index (χ0n) is 14.5. The fourth-order valence-corrected chi connectivity index (χ4v) is 3.08. The van der Waals surface area contributed by atoms with Crippen molar-refractivity contribution in [1.29, 1.82) is 0 Å². The first-order valence-corrected chi connectivity index (χ1v) is 8.48. The SMILES string of the molecule is Cc1cccc(C(C)(C)NC(=O)c2cn(C3CCNCC3)nn2)c1. The summed E-state index contributed by atoms with van der Waals surface area (Å²) < 4.78 is 1.83. The predicted molar refractivity (Wildman–Crippen MR) is 92.8 cm³/mol. The van der Waals surface area contributed by atoms with Crippen LogP contribution in [0.3, 0.4) is 0 Å². The summed E-state index contributed by atoms with van der Waals surface area (Å²) >= 11 is 0. The van der Waals surface area contributed by atoms with Crippen molar-refractivity contribution >= 4 is 5.91 Å². The molecule has 6 heteroatoms. The van der Waals surface area contributed by atoms with Crippen molar-refractivity contribution in [3.63, 3.8) is 0 Å². The predicted octanol–water partition coefficient (Wildman–Crippen LogP) is 2.18. The summed E-state index contributed by atoms with van der Waals surface area (Å²) in [6, 6.07) is 8.49. The van der Waals surface area contributed by atoms with E-state index >= 15 is 0 Å². The zero-order valence-corrected chi connectivity index (χ0v) is 14.5. The lowest BCUT2D eigenvalue weighted by Crippen LogP contribution is -2.41. The summed E-state index contributed by atoms with van der Waals surface area (Å²) in [5.74, 6) is -0.193.